The predicted octanol–water partition coefficient (Wildman–Crippen LogP) is 1.44. The lowest BCUT2D eigenvalue weighted by atomic mass is 9.88. The van der Waals surface area contributed by atoms with Gasteiger partial charge in [-0.25, -0.2) is 0 Å². The molecule has 0 aromatic heterocycles. The molecule has 1 aliphatic heterocycles. The van der Waals surface area contributed by atoms with Crippen LogP contribution in [0.1, 0.15) is 18.4 Å². The number of nitrogens with one attached hydrogen (secondary N) is 1. The molecule has 0 radical (unpaired) electrons. The lowest BCUT2D eigenvalue weighted by Gasteiger charge is -2.12. The van der Waals surface area contributed by atoms with Crippen molar-refractivity contribution >= 4 is 17.6 Å². The van der Waals surface area contributed by atoms with E-state index in [4.69, 9.17) is 5.11 Å². The van der Waals surface area contributed by atoms with E-state index >= 15 is 0 Å². The summed E-state index contributed by atoms with van der Waals surface area (Å²) in [4.78, 5) is 22.5. The largest absolute Gasteiger partial charge is 0.481 e. The highest BCUT2D eigenvalue weighted by molar-refractivity contribution is 6.04. The van der Waals surface area contributed by atoms with E-state index in [0.29, 0.717) is 0 Å². The monoisotopic (exact) mass is 205 g/mol. The number of carboxylic acids is 1. The predicted molar refractivity (Wildman–Crippen MR) is 54.6 cm³/mol. The number of anilines is 1. The molecule has 1 aromatic carbocycles. The second-order valence-electron chi connectivity index (χ2n) is 3.68. The number of fused-ring (bicyclic) bond motifs is 1. The Kier molecular flexibility index (Phi) is 2.19. The number of aliphatic carboxylic acids is 1. The third-order valence-electron chi connectivity index (χ3n) is 2.73. The van der Waals surface area contributed by atoms with Crippen molar-refractivity contribution in [2.75, 3.05) is 5.32 Å². The summed E-state index contributed by atoms with van der Waals surface area (Å²) in [6, 6.07) is 7.19. The van der Waals surface area contributed by atoms with Gasteiger partial charge >= 0.3 is 5.97 Å². The van der Waals surface area contributed by atoms with Crippen LogP contribution in [0, 0.1) is 5.92 Å². The maximum absolute atomic E-state index is 11.6. The van der Waals surface area contributed by atoms with Crippen molar-refractivity contribution in [1.82, 2.24) is 0 Å². The quantitative estimate of drug-likeness (QED) is 0.767. The maximum Gasteiger partial charge on any atom is 0.307 e. The van der Waals surface area contributed by atoms with Gasteiger partial charge in [0.25, 0.3) is 0 Å². The summed E-state index contributed by atoms with van der Waals surface area (Å²) < 4.78 is 0. The van der Waals surface area contributed by atoms with E-state index in [2.05, 4.69) is 5.32 Å². The highest BCUT2D eigenvalue weighted by Gasteiger charge is 2.37. The zero-order valence-electron chi connectivity index (χ0n) is 8.23. The molecular formula is C11H11NO3. The third kappa shape index (κ3) is 1.48. The van der Waals surface area contributed by atoms with Gasteiger partial charge in [-0.1, -0.05) is 25.1 Å². The molecule has 4 nitrogen and oxygen atoms in total. The molecule has 1 heterocycles. The molecule has 2 atom stereocenters. The van der Waals surface area contributed by atoms with Crippen LogP contribution in [-0.4, -0.2) is 17.0 Å². The number of carbonyl (C=O) groups is 2. The number of hydrogen-bond acceptors (Lipinski definition) is 2. The smallest absolute Gasteiger partial charge is 0.307 e. The lowest BCUT2D eigenvalue weighted by molar-refractivity contribution is -0.143. The molecule has 1 aliphatic rings. The van der Waals surface area contributed by atoms with E-state index in [9.17, 15) is 9.59 Å². The Bertz CT molecular complexity index is 428. The number of amides is 1. The van der Waals surface area contributed by atoms with Crippen molar-refractivity contribution in [3.8, 4) is 0 Å². The number of rotatable bonds is 2. The molecule has 1 aromatic rings. The number of carbonyl (C=O) groups excluding carboxylic acids is 1. The van der Waals surface area contributed by atoms with Gasteiger partial charge in [0.15, 0.2) is 0 Å². The molecular weight excluding hydrogens is 194 g/mol. The van der Waals surface area contributed by atoms with Crippen molar-refractivity contribution < 1.29 is 14.7 Å². The molecule has 0 bridgehead atoms. The minimum Gasteiger partial charge on any atom is -0.481 e. The minimum atomic E-state index is -0.952. The van der Waals surface area contributed by atoms with Crippen molar-refractivity contribution in [2.24, 2.45) is 5.92 Å². The number of benzene rings is 1. The molecule has 0 spiro atoms. The van der Waals surface area contributed by atoms with Gasteiger partial charge in [0, 0.05) is 5.69 Å². The van der Waals surface area contributed by atoms with Crippen LogP contribution < -0.4 is 5.32 Å². The number of carboxylic acid groups (broad SMARTS) is 1. The zero-order valence-corrected chi connectivity index (χ0v) is 8.23. The molecule has 1 amide bonds. The van der Waals surface area contributed by atoms with Gasteiger partial charge in [-0.2, -0.15) is 0 Å². The highest BCUT2D eigenvalue weighted by atomic mass is 16.4. The first-order valence-corrected chi connectivity index (χ1v) is 4.74. The molecule has 0 saturated heterocycles. The first-order chi connectivity index (χ1) is 7.11. The van der Waals surface area contributed by atoms with Crippen molar-refractivity contribution in [2.45, 2.75) is 12.8 Å². The van der Waals surface area contributed by atoms with Crippen LogP contribution >= 0.6 is 0 Å². The summed E-state index contributed by atoms with van der Waals surface area (Å²) in [6.45, 7) is 1.55. The second kappa shape index (κ2) is 3.38. The summed E-state index contributed by atoms with van der Waals surface area (Å²) in [7, 11) is 0. The summed E-state index contributed by atoms with van der Waals surface area (Å²) in [5, 5.41) is 11.6. The van der Waals surface area contributed by atoms with E-state index in [0.717, 1.165) is 11.3 Å². The van der Waals surface area contributed by atoms with Crippen LogP contribution in [0.15, 0.2) is 24.3 Å². The van der Waals surface area contributed by atoms with Crippen LogP contribution in [-0.2, 0) is 9.59 Å². The van der Waals surface area contributed by atoms with Gasteiger partial charge in [0.1, 0.15) is 0 Å². The van der Waals surface area contributed by atoms with Crippen molar-refractivity contribution in [3.05, 3.63) is 29.8 Å². The lowest BCUT2D eigenvalue weighted by Crippen LogP contribution is -2.24. The molecule has 0 saturated carbocycles. The average molecular weight is 205 g/mol. The van der Waals surface area contributed by atoms with Crippen molar-refractivity contribution in [3.63, 3.8) is 0 Å². The van der Waals surface area contributed by atoms with Crippen molar-refractivity contribution in [1.29, 1.82) is 0 Å². The highest BCUT2D eigenvalue weighted by Crippen LogP contribution is 2.36. The van der Waals surface area contributed by atoms with Crippen LogP contribution in [0.2, 0.25) is 0 Å². The Morgan fingerprint density at radius 2 is 2.13 bits per heavy atom. The third-order valence-corrected chi connectivity index (χ3v) is 2.73. The van der Waals surface area contributed by atoms with Gasteiger partial charge in [-0.3, -0.25) is 9.59 Å². The normalized spacial score (nSPS) is 20.6. The SMILES string of the molecule is CC(C(=O)O)C1C(=O)Nc2ccccc21. The molecule has 2 rings (SSSR count). The molecule has 78 valence electrons. The Morgan fingerprint density at radius 1 is 1.47 bits per heavy atom. The summed E-state index contributed by atoms with van der Waals surface area (Å²) in [6.07, 6.45) is 0. The minimum absolute atomic E-state index is 0.230. The maximum atomic E-state index is 11.6. The molecule has 0 fully saturated rings. The number of hydrogen-bond donors (Lipinski definition) is 2. The standard InChI is InChI=1S/C11H11NO3/c1-6(11(14)15)9-7-4-2-3-5-8(7)12-10(9)13/h2-6,9H,1H3,(H,12,13)(H,14,15). The first kappa shape index (κ1) is 9.71. The van der Waals surface area contributed by atoms with Gasteiger partial charge in [-0.05, 0) is 11.6 Å². The van der Waals surface area contributed by atoms with Crippen LogP contribution in [0.3, 0.4) is 0 Å². The van der Waals surface area contributed by atoms with Gasteiger partial charge < -0.3 is 10.4 Å². The molecule has 2 unspecified atom stereocenters. The fourth-order valence-corrected chi connectivity index (χ4v) is 1.87. The van der Waals surface area contributed by atoms with E-state index in [-0.39, 0.29) is 5.91 Å². The first-order valence-electron chi connectivity index (χ1n) is 4.74. The van der Waals surface area contributed by atoms with Crippen LogP contribution in [0.5, 0.6) is 0 Å². The van der Waals surface area contributed by atoms with Crippen LogP contribution in [0.25, 0.3) is 0 Å². The van der Waals surface area contributed by atoms with Gasteiger partial charge in [-0.15, -0.1) is 0 Å². The van der Waals surface area contributed by atoms with E-state index in [1.807, 2.05) is 6.07 Å². The van der Waals surface area contributed by atoms with Gasteiger partial charge in [0.2, 0.25) is 5.91 Å². The molecule has 15 heavy (non-hydrogen) atoms. The second-order valence-corrected chi connectivity index (χ2v) is 3.68. The Balaban J connectivity index is 2.42. The average Bonchev–Trinajstić information content (AvgIpc) is 2.52. The summed E-state index contributed by atoms with van der Waals surface area (Å²) in [5.41, 5.74) is 1.50. The fraction of sp³-hybridized carbons (Fsp3) is 0.273. The van der Waals surface area contributed by atoms with E-state index in [1.54, 1.807) is 25.1 Å². The molecule has 4 heteroatoms. The molecule has 0 aliphatic carbocycles. The van der Waals surface area contributed by atoms with E-state index < -0.39 is 17.8 Å². The van der Waals surface area contributed by atoms with E-state index in [1.165, 1.54) is 0 Å². The summed E-state index contributed by atoms with van der Waals surface area (Å²) >= 11 is 0. The molecule has 2 N–H and O–H groups in total. The number of para-hydroxylation sites is 1. The Labute approximate surface area is 86.9 Å². The Hall–Kier alpha value is -1.84. The fourth-order valence-electron chi connectivity index (χ4n) is 1.87. The van der Waals surface area contributed by atoms with Gasteiger partial charge in [0.05, 0.1) is 11.8 Å². The van der Waals surface area contributed by atoms with Crippen LogP contribution in [0.4, 0.5) is 5.69 Å². The Morgan fingerprint density at radius 3 is 2.80 bits per heavy atom. The summed E-state index contributed by atoms with van der Waals surface area (Å²) in [5.74, 6) is -2.45. The topological polar surface area (TPSA) is 66.4 Å². The zero-order chi connectivity index (χ0) is 11.0.